The number of hydrogen-bond donors (Lipinski definition) is 1. The molecule has 0 aromatic heterocycles. The number of anilines is 1. The number of nitrogens with one attached hydrogen (secondary N) is 1. The molecule has 1 N–H and O–H groups in total. The van der Waals surface area contributed by atoms with Gasteiger partial charge in [-0.15, -0.1) is 0 Å². The fourth-order valence-corrected chi connectivity index (χ4v) is 4.61. The quantitative estimate of drug-likeness (QED) is 0.436. The van der Waals surface area contributed by atoms with Crippen molar-refractivity contribution in [2.75, 3.05) is 37.9 Å². The van der Waals surface area contributed by atoms with E-state index in [4.69, 9.17) is 9.47 Å². The van der Waals surface area contributed by atoms with Gasteiger partial charge in [-0.05, 0) is 37.5 Å². The van der Waals surface area contributed by atoms with E-state index >= 15 is 0 Å². The molecule has 1 unspecified atom stereocenters. The summed E-state index contributed by atoms with van der Waals surface area (Å²) >= 11 is 0. The average Bonchev–Trinajstić information content (AvgIpc) is 2.85. The van der Waals surface area contributed by atoms with Gasteiger partial charge in [-0.2, -0.15) is 0 Å². The molecule has 36 heavy (non-hydrogen) atoms. The number of rotatable bonds is 13. The molecule has 2 rings (SSSR count). The van der Waals surface area contributed by atoms with Crippen LogP contribution >= 0.6 is 0 Å². The fourth-order valence-electron chi connectivity index (χ4n) is 3.76. The molecule has 0 saturated carbocycles. The number of carbonyl (C=O) groups excluding carboxylic acids is 2. The summed E-state index contributed by atoms with van der Waals surface area (Å²) in [5, 5.41) is 2.86. The molecule has 9 nitrogen and oxygen atoms in total. The summed E-state index contributed by atoms with van der Waals surface area (Å²) in [6.07, 6.45) is 2.16. The lowest BCUT2D eigenvalue weighted by atomic mass is 10.1. The molecule has 0 aliphatic heterocycles. The number of methoxy groups -OCH3 is 2. The number of hydrogen-bond acceptors (Lipinski definition) is 6. The summed E-state index contributed by atoms with van der Waals surface area (Å²) in [6, 6.07) is 11.6. The van der Waals surface area contributed by atoms with Crippen molar-refractivity contribution >= 4 is 27.5 Å². The molecule has 0 fully saturated rings. The molecule has 0 bridgehead atoms. The highest BCUT2D eigenvalue weighted by atomic mass is 32.2. The Balaban J connectivity index is 2.48. The smallest absolute Gasteiger partial charge is 0.244 e. The van der Waals surface area contributed by atoms with E-state index in [-0.39, 0.29) is 23.9 Å². The average molecular weight is 520 g/mol. The Morgan fingerprint density at radius 2 is 1.69 bits per heavy atom. The number of nitrogens with zero attached hydrogens (tertiary/aromatic N) is 2. The van der Waals surface area contributed by atoms with Gasteiger partial charge in [-0.1, -0.05) is 43.7 Å². The Bertz CT molecular complexity index is 1130. The molecule has 0 aliphatic rings. The molecule has 1 atom stereocenters. The number of ether oxygens (including phenoxy) is 2. The van der Waals surface area contributed by atoms with E-state index in [1.54, 1.807) is 12.1 Å². The first-order valence-corrected chi connectivity index (χ1v) is 13.7. The monoisotopic (exact) mass is 519 g/mol. The number of benzene rings is 2. The second-order valence-corrected chi connectivity index (χ2v) is 10.4. The van der Waals surface area contributed by atoms with Gasteiger partial charge in [-0.25, -0.2) is 8.42 Å². The van der Waals surface area contributed by atoms with E-state index < -0.39 is 28.5 Å². The van der Waals surface area contributed by atoms with Crippen LogP contribution in [0.5, 0.6) is 11.5 Å². The van der Waals surface area contributed by atoms with Crippen molar-refractivity contribution in [2.24, 2.45) is 0 Å². The summed E-state index contributed by atoms with van der Waals surface area (Å²) in [6.45, 7) is 5.89. The summed E-state index contributed by atoms with van der Waals surface area (Å²) < 4.78 is 37.2. The van der Waals surface area contributed by atoms with Crippen LogP contribution in [0, 0.1) is 6.92 Å². The normalized spacial score (nSPS) is 11.9. The van der Waals surface area contributed by atoms with Crippen LogP contribution in [0.15, 0.2) is 42.5 Å². The summed E-state index contributed by atoms with van der Waals surface area (Å²) in [4.78, 5) is 28.1. The Morgan fingerprint density at radius 1 is 1.03 bits per heavy atom. The van der Waals surface area contributed by atoms with Crippen LogP contribution in [0.4, 0.5) is 5.69 Å². The fraction of sp³-hybridized carbons (Fsp3) is 0.462. The minimum absolute atomic E-state index is 0.161. The van der Waals surface area contributed by atoms with Gasteiger partial charge in [-0.3, -0.25) is 13.9 Å². The molecule has 0 spiro atoms. The number of amides is 2. The van der Waals surface area contributed by atoms with Crippen molar-refractivity contribution in [1.82, 2.24) is 10.2 Å². The predicted molar refractivity (Wildman–Crippen MR) is 141 cm³/mol. The van der Waals surface area contributed by atoms with Gasteiger partial charge < -0.3 is 19.7 Å². The van der Waals surface area contributed by atoms with Crippen molar-refractivity contribution in [3.63, 3.8) is 0 Å². The van der Waals surface area contributed by atoms with Crippen molar-refractivity contribution in [3.05, 3.63) is 53.6 Å². The number of carbonyl (C=O) groups is 2. The molecule has 2 amide bonds. The van der Waals surface area contributed by atoms with Crippen molar-refractivity contribution in [3.8, 4) is 11.5 Å². The summed E-state index contributed by atoms with van der Waals surface area (Å²) in [5.41, 5.74) is 2.11. The minimum Gasteiger partial charge on any atom is -0.497 e. The van der Waals surface area contributed by atoms with E-state index in [1.807, 2.05) is 45.0 Å². The highest BCUT2D eigenvalue weighted by Gasteiger charge is 2.32. The Labute approximate surface area is 214 Å². The van der Waals surface area contributed by atoms with Gasteiger partial charge >= 0.3 is 0 Å². The molecular formula is C26H37N3O6S. The highest BCUT2D eigenvalue weighted by molar-refractivity contribution is 7.92. The topological polar surface area (TPSA) is 105 Å². The lowest BCUT2D eigenvalue weighted by molar-refractivity contribution is -0.140. The maximum absolute atomic E-state index is 13.7. The van der Waals surface area contributed by atoms with Gasteiger partial charge in [0.15, 0.2) is 0 Å². The van der Waals surface area contributed by atoms with Gasteiger partial charge in [0.05, 0.1) is 26.2 Å². The molecule has 0 heterocycles. The van der Waals surface area contributed by atoms with Crippen LogP contribution in [0.25, 0.3) is 0 Å². The van der Waals surface area contributed by atoms with Crippen molar-refractivity contribution in [2.45, 2.75) is 46.2 Å². The van der Waals surface area contributed by atoms with Gasteiger partial charge in [0.1, 0.15) is 24.1 Å². The van der Waals surface area contributed by atoms with Crippen LogP contribution in [0.3, 0.4) is 0 Å². The summed E-state index contributed by atoms with van der Waals surface area (Å²) in [5.74, 6) is -0.0504. The Morgan fingerprint density at radius 3 is 2.22 bits per heavy atom. The molecule has 0 radical (unpaired) electrons. The third-order valence-electron chi connectivity index (χ3n) is 5.74. The molecule has 198 valence electrons. The second-order valence-electron chi connectivity index (χ2n) is 8.53. The van der Waals surface area contributed by atoms with Crippen molar-refractivity contribution < 1.29 is 27.5 Å². The SMILES string of the molecule is CCCNC(=O)C(CC)N(Cc1ccc(C)cc1)C(=O)CN(c1ccc(OC)cc1OC)S(C)(=O)=O. The first kappa shape index (κ1) is 29.0. The van der Waals surface area contributed by atoms with Gasteiger partial charge in [0, 0.05) is 19.2 Å². The maximum atomic E-state index is 13.7. The minimum atomic E-state index is -3.88. The molecule has 2 aromatic rings. The maximum Gasteiger partial charge on any atom is 0.244 e. The molecule has 0 saturated heterocycles. The largest absolute Gasteiger partial charge is 0.497 e. The third-order valence-corrected chi connectivity index (χ3v) is 6.87. The van der Waals surface area contributed by atoms with E-state index in [2.05, 4.69) is 5.32 Å². The van der Waals surface area contributed by atoms with E-state index in [1.165, 1.54) is 25.2 Å². The van der Waals surface area contributed by atoms with Crippen molar-refractivity contribution in [1.29, 1.82) is 0 Å². The lowest BCUT2D eigenvalue weighted by Crippen LogP contribution is -2.52. The zero-order chi connectivity index (χ0) is 26.9. The third kappa shape index (κ3) is 7.61. The molecule has 2 aromatic carbocycles. The molecule has 10 heteroatoms. The summed E-state index contributed by atoms with van der Waals surface area (Å²) in [7, 11) is -0.978. The lowest BCUT2D eigenvalue weighted by Gasteiger charge is -2.33. The first-order valence-electron chi connectivity index (χ1n) is 11.9. The Hall–Kier alpha value is -3.27. The Kier molecular flexibility index (Phi) is 10.6. The molecule has 0 aliphatic carbocycles. The van der Waals surface area contributed by atoms with E-state index in [0.717, 1.165) is 28.1 Å². The first-order chi connectivity index (χ1) is 17.0. The number of aryl methyl sites for hydroxylation is 1. The van der Waals surface area contributed by atoms with Crippen LogP contribution in [0.2, 0.25) is 0 Å². The highest BCUT2D eigenvalue weighted by Crippen LogP contribution is 2.33. The zero-order valence-electron chi connectivity index (χ0n) is 21.9. The second kappa shape index (κ2) is 13.2. The van der Waals surface area contributed by atoms with Crippen LogP contribution < -0.4 is 19.1 Å². The van der Waals surface area contributed by atoms with Crippen LogP contribution in [0.1, 0.15) is 37.8 Å². The van der Waals surface area contributed by atoms with Crippen LogP contribution in [-0.4, -0.2) is 64.7 Å². The van der Waals surface area contributed by atoms with E-state index in [0.29, 0.717) is 18.7 Å². The van der Waals surface area contributed by atoms with Gasteiger partial charge in [0.2, 0.25) is 21.8 Å². The standard InChI is InChI=1S/C26H37N3O6S/c1-7-15-27-26(31)22(8-2)28(17-20-11-9-19(3)10-12-20)25(30)18-29(36(6,32)33)23-14-13-21(34-4)16-24(23)35-5/h9-14,16,22H,7-8,15,17-18H2,1-6H3,(H,27,31). The van der Waals surface area contributed by atoms with Gasteiger partial charge in [0.25, 0.3) is 0 Å². The van der Waals surface area contributed by atoms with Crippen LogP contribution in [-0.2, 0) is 26.2 Å². The number of sulfonamides is 1. The molecular weight excluding hydrogens is 482 g/mol. The van der Waals surface area contributed by atoms with E-state index in [9.17, 15) is 18.0 Å². The predicted octanol–water partition coefficient (Wildman–Crippen LogP) is 3.11. The zero-order valence-corrected chi connectivity index (χ0v) is 22.7.